The molecule has 13 heavy (non-hydrogen) atoms. The summed E-state index contributed by atoms with van der Waals surface area (Å²) >= 11 is 1.82. The minimum atomic E-state index is -4.05. The molecule has 0 fully saturated rings. The molecule has 80 valence electrons. The van der Waals surface area contributed by atoms with Crippen LogP contribution >= 0.6 is 22.6 Å². The maximum atomic E-state index is 12.5. The largest absolute Gasteiger partial charge is 0.394 e. The predicted octanol–water partition coefficient (Wildman–Crippen LogP) is 4.57. The molecule has 0 aliphatic carbocycles. The van der Waals surface area contributed by atoms with Crippen LogP contribution in [0.3, 0.4) is 0 Å². The highest BCUT2D eigenvalue weighted by atomic mass is 127. The van der Waals surface area contributed by atoms with E-state index >= 15 is 0 Å². The van der Waals surface area contributed by atoms with E-state index in [4.69, 9.17) is 0 Å². The molecule has 0 unspecified atom stereocenters. The van der Waals surface area contributed by atoms with Crippen LogP contribution in [0.25, 0.3) is 0 Å². The molecule has 0 rings (SSSR count). The lowest BCUT2D eigenvalue weighted by atomic mass is 9.86. The van der Waals surface area contributed by atoms with Gasteiger partial charge in [-0.15, -0.1) is 0 Å². The highest BCUT2D eigenvalue weighted by Gasteiger charge is 2.49. The Morgan fingerprint density at radius 2 is 1.69 bits per heavy atom. The molecular formula is C9H16F3I. The number of hydrogen-bond acceptors (Lipinski definition) is 0. The van der Waals surface area contributed by atoms with Crippen molar-refractivity contribution in [3.8, 4) is 0 Å². The first kappa shape index (κ1) is 13.5. The second-order valence-electron chi connectivity index (χ2n) is 3.65. The molecule has 0 saturated carbocycles. The van der Waals surface area contributed by atoms with E-state index in [-0.39, 0.29) is 10.8 Å². The third-order valence-electron chi connectivity index (χ3n) is 2.31. The number of unbranched alkanes of at least 4 members (excludes halogenated alkanes) is 2. The Kier molecular flexibility index (Phi) is 5.63. The minimum Gasteiger partial charge on any atom is -0.170 e. The third kappa shape index (κ3) is 4.04. The van der Waals surface area contributed by atoms with Gasteiger partial charge in [0.15, 0.2) is 0 Å². The van der Waals surface area contributed by atoms with Crippen molar-refractivity contribution in [2.24, 2.45) is 5.41 Å². The zero-order valence-electron chi connectivity index (χ0n) is 8.05. The Balaban J connectivity index is 4.13. The third-order valence-corrected chi connectivity index (χ3v) is 3.99. The predicted molar refractivity (Wildman–Crippen MR) is 57.2 cm³/mol. The normalized spacial score (nSPS) is 17.1. The van der Waals surface area contributed by atoms with E-state index in [1.807, 2.05) is 29.5 Å². The van der Waals surface area contributed by atoms with Gasteiger partial charge < -0.3 is 0 Å². The summed E-state index contributed by atoms with van der Waals surface area (Å²) < 4.78 is 37.7. The van der Waals surface area contributed by atoms with E-state index < -0.39 is 11.6 Å². The molecule has 0 bridgehead atoms. The Labute approximate surface area is 91.4 Å². The molecule has 0 radical (unpaired) electrons. The van der Waals surface area contributed by atoms with E-state index in [0.29, 0.717) is 6.42 Å². The van der Waals surface area contributed by atoms with Crippen molar-refractivity contribution in [2.45, 2.75) is 45.7 Å². The molecule has 0 aliphatic heterocycles. The van der Waals surface area contributed by atoms with Crippen LogP contribution in [0.15, 0.2) is 0 Å². The maximum absolute atomic E-state index is 12.5. The lowest BCUT2D eigenvalue weighted by molar-refractivity contribution is -0.210. The van der Waals surface area contributed by atoms with E-state index in [0.717, 1.165) is 12.8 Å². The number of hydrogen-bond donors (Lipinski definition) is 0. The zero-order valence-corrected chi connectivity index (χ0v) is 10.2. The first-order valence-electron chi connectivity index (χ1n) is 4.50. The molecular weight excluding hydrogens is 292 g/mol. The van der Waals surface area contributed by atoms with Crippen molar-refractivity contribution >= 4 is 22.6 Å². The first-order valence-corrected chi connectivity index (χ1v) is 6.02. The van der Waals surface area contributed by atoms with Crippen LogP contribution in [-0.4, -0.2) is 10.6 Å². The number of halogens is 4. The standard InChI is InChI=1S/C9H16F3I/c1-3-4-5-6-8(2,7-13)9(10,11)12/h3-7H2,1-2H3/t8-/m1/s1. The van der Waals surface area contributed by atoms with Crippen molar-refractivity contribution < 1.29 is 13.2 Å². The van der Waals surface area contributed by atoms with E-state index in [1.165, 1.54) is 6.92 Å². The van der Waals surface area contributed by atoms with Crippen LogP contribution in [0, 0.1) is 5.41 Å². The average Bonchev–Trinajstić information content (AvgIpc) is 2.02. The van der Waals surface area contributed by atoms with Gasteiger partial charge in [0.05, 0.1) is 5.41 Å². The zero-order chi connectivity index (χ0) is 10.5. The second-order valence-corrected chi connectivity index (χ2v) is 4.41. The monoisotopic (exact) mass is 308 g/mol. The molecule has 4 heteroatoms. The molecule has 0 heterocycles. The summed E-state index contributed by atoms with van der Waals surface area (Å²) in [6.07, 6.45) is -1.26. The highest BCUT2D eigenvalue weighted by molar-refractivity contribution is 14.1. The van der Waals surface area contributed by atoms with Gasteiger partial charge in [0.25, 0.3) is 0 Å². The van der Waals surface area contributed by atoms with E-state index in [2.05, 4.69) is 0 Å². The molecule has 0 aliphatic rings. The van der Waals surface area contributed by atoms with Crippen LogP contribution in [-0.2, 0) is 0 Å². The van der Waals surface area contributed by atoms with Crippen LogP contribution in [0.1, 0.15) is 39.5 Å². The van der Waals surface area contributed by atoms with Gasteiger partial charge in [-0.3, -0.25) is 0 Å². The van der Waals surface area contributed by atoms with Gasteiger partial charge >= 0.3 is 6.18 Å². The van der Waals surface area contributed by atoms with Crippen LogP contribution in [0.2, 0.25) is 0 Å². The topological polar surface area (TPSA) is 0 Å². The van der Waals surface area contributed by atoms with Crippen molar-refractivity contribution in [2.75, 3.05) is 4.43 Å². The summed E-state index contributed by atoms with van der Waals surface area (Å²) in [6, 6.07) is 0. The summed E-state index contributed by atoms with van der Waals surface area (Å²) in [6.45, 7) is 3.31. The van der Waals surface area contributed by atoms with Gasteiger partial charge in [0, 0.05) is 4.43 Å². The van der Waals surface area contributed by atoms with E-state index in [1.54, 1.807) is 0 Å². The molecule has 0 N–H and O–H groups in total. The van der Waals surface area contributed by atoms with Crippen LogP contribution in [0.5, 0.6) is 0 Å². The van der Waals surface area contributed by atoms with Crippen molar-refractivity contribution in [3.63, 3.8) is 0 Å². The van der Waals surface area contributed by atoms with Crippen molar-refractivity contribution in [1.29, 1.82) is 0 Å². The van der Waals surface area contributed by atoms with Gasteiger partial charge in [0.1, 0.15) is 0 Å². The average molecular weight is 308 g/mol. The maximum Gasteiger partial charge on any atom is 0.394 e. The van der Waals surface area contributed by atoms with Gasteiger partial charge in [-0.2, -0.15) is 13.2 Å². The molecule has 0 aromatic heterocycles. The molecule has 0 saturated heterocycles. The minimum absolute atomic E-state index is 0.151. The van der Waals surface area contributed by atoms with E-state index in [9.17, 15) is 13.2 Å². The first-order chi connectivity index (χ1) is 5.87. The molecule has 1 atom stereocenters. The fourth-order valence-electron chi connectivity index (χ4n) is 1.05. The molecule has 0 amide bonds. The number of rotatable bonds is 5. The quantitative estimate of drug-likeness (QED) is 0.396. The Morgan fingerprint density at radius 1 is 1.15 bits per heavy atom. The van der Waals surface area contributed by atoms with Gasteiger partial charge in [-0.25, -0.2) is 0 Å². The second kappa shape index (κ2) is 5.41. The van der Waals surface area contributed by atoms with Crippen LogP contribution < -0.4 is 0 Å². The van der Waals surface area contributed by atoms with Gasteiger partial charge in [0.2, 0.25) is 0 Å². The fraction of sp³-hybridized carbons (Fsp3) is 1.00. The Hall–Kier alpha value is 0.520. The molecule has 0 spiro atoms. The lowest BCUT2D eigenvalue weighted by Gasteiger charge is -2.30. The SMILES string of the molecule is CCCCC[C@](C)(CI)C(F)(F)F. The summed E-state index contributed by atoms with van der Waals surface area (Å²) in [5.74, 6) is 0. The molecule has 0 aromatic carbocycles. The van der Waals surface area contributed by atoms with Crippen molar-refractivity contribution in [3.05, 3.63) is 0 Å². The smallest absolute Gasteiger partial charge is 0.170 e. The van der Waals surface area contributed by atoms with Crippen molar-refractivity contribution in [1.82, 2.24) is 0 Å². The van der Waals surface area contributed by atoms with Gasteiger partial charge in [-0.05, 0) is 6.42 Å². The highest BCUT2D eigenvalue weighted by Crippen LogP contribution is 2.43. The summed E-state index contributed by atoms with van der Waals surface area (Å²) in [7, 11) is 0. The summed E-state index contributed by atoms with van der Waals surface area (Å²) in [5, 5.41) is 0. The summed E-state index contributed by atoms with van der Waals surface area (Å²) in [4.78, 5) is 0. The molecule has 0 aromatic rings. The number of alkyl halides is 4. The Bertz CT molecular complexity index is 144. The van der Waals surface area contributed by atoms with Gasteiger partial charge in [-0.1, -0.05) is 55.7 Å². The molecule has 0 nitrogen and oxygen atoms in total. The lowest BCUT2D eigenvalue weighted by Crippen LogP contribution is -2.36. The van der Waals surface area contributed by atoms with Crippen LogP contribution in [0.4, 0.5) is 13.2 Å². The fourth-order valence-corrected chi connectivity index (χ4v) is 1.86. The Morgan fingerprint density at radius 3 is 2.00 bits per heavy atom. The summed E-state index contributed by atoms with van der Waals surface area (Å²) in [5.41, 5.74) is -1.48.